The molecule has 0 radical (unpaired) electrons. The highest BCUT2D eigenvalue weighted by Crippen LogP contribution is 2.27. The van der Waals surface area contributed by atoms with Gasteiger partial charge in [-0.15, -0.1) is 21.5 Å². The molecule has 1 N–H and O–H groups in total. The Hall–Kier alpha value is -0.480. The van der Waals surface area contributed by atoms with E-state index in [0.717, 1.165) is 24.9 Å². The van der Waals surface area contributed by atoms with Crippen molar-refractivity contribution in [2.24, 2.45) is 5.92 Å². The maximum atomic E-state index is 4.36. The highest BCUT2D eigenvalue weighted by Gasteiger charge is 2.20. The monoisotopic (exact) mass is 265 g/mol. The maximum Gasteiger partial charge on any atom is 0.118 e. The van der Waals surface area contributed by atoms with Crippen molar-refractivity contribution in [3.8, 4) is 0 Å². The van der Waals surface area contributed by atoms with E-state index in [4.69, 9.17) is 0 Å². The van der Waals surface area contributed by atoms with Crippen LogP contribution in [0.4, 0.5) is 0 Å². The molecule has 0 atom stereocenters. The summed E-state index contributed by atoms with van der Waals surface area (Å²) in [5.41, 5.74) is 0. The molecule has 1 aromatic rings. The maximum absolute atomic E-state index is 4.36. The summed E-state index contributed by atoms with van der Waals surface area (Å²) in [6.45, 7) is 1.07. The molecule has 1 heterocycles. The summed E-state index contributed by atoms with van der Waals surface area (Å²) in [6.07, 6.45) is 12.0. The second kappa shape index (κ2) is 6.11. The first-order valence-corrected chi connectivity index (χ1v) is 8.26. The zero-order chi connectivity index (χ0) is 12.2. The fourth-order valence-corrected chi connectivity index (χ4v) is 3.74. The number of hydrogen-bond acceptors (Lipinski definition) is 4. The van der Waals surface area contributed by atoms with Gasteiger partial charge in [0.1, 0.15) is 10.0 Å². The van der Waals surface area contributed by atoms with Gasteiger partial charge in [0.15, 0.2) is 0 Å². The molecule has 3 nitrogen and oxygen atoms in total. The molecule has 4 heteroatoms. The molecule has 2 saturated carbocycles. The summed E-state index contributed by atoms with van der Waals surface area (Å²) >= 11 is 1.84. The molecule has 0 saturated heterocycles. The van der Waals surface area contributed by atoms with Gasteiger partial charge >= 0.3 is 0 Å². The summed E-state index contributed by atoms with van der Waals surface area (Å²) < 4.78 is 0. The van der Waals surface area contributed by atoms with Crippen molar-refractivity contribution in [3.63, 3.8) is 0 Å². The fourth-order valence-electron chi connectivity index (χ4n) is 2.78. The lowest BCUT2D eigenvalue weighted by Gasteiger charge is -2.19. The Morgan fingerprint density at radius 1 is 1.00 bits per heavy atom. The zero-order valence-corrected chi connectivity index (χ0v) is 11.8. The minimum absolute atomic E-state index is 0.805. The van der Waals surface area contributed by atoms with Gasteiger partial charge < -0.3 is 5.32 Å². The summed E-state index contributed by atoms with van der Waals surface area (Å²) in [4.78, 5) is 0. The smallest absolute Gasteiger partial charge is 0.118 e. The third kappa shape index (κ3) is 3.75. The highest BCUT2D eigenvalue weighted by atomic mass is 32.1. The predicted molar refractivity (Wildman–Crippen MR) is 74.9 cm³/mol. The van der Waals surface area contributed by atoms with Crippen LogP contribution in [0.25, 0.3) is 0 Å². The van der Waals surface area contributed by atoms with Crippen molar-refractivity contribution < 1.29 is 0 Å². The average molecular weight is 265 g/mol. The van der Waals surface area contributed by atoms with Gasteiger partial charge in [0.2, 0.25) is 0 Å². The van der Waals surface area contributed by atoms with E-state index < -0.39 is 0 Å². The van der Waals surface area contributed by atoms with Gasteiger partial charge in [0.05, 0.1) is 0 Å². The van der Waals surface area contributed by atoms with Crippen LogP contribution in [0.15, 0.2) is 0 Å². The average Bonchev–Trinajstić information content (AvgIpc) is 3.11. The molecule has 0 aliphatic heterocycles. The SMILES string of the molecule is C1CCC(Cc2nnc(CCNC3CC3)s2)CC1. The lowest BCUT2D eigenvalue weighted by atomic mass is 9.87. The van der Waals surface area contributed by atoms with Gasteiger partial charge in [0, 0.05) is 25.4 Å². The number of aromatic nitrogens is 2. The van der Waals surface area contributed by atoms with Gasteiger partial charge in [-0.3, -0.25) is 0 Å². The van der Waals surface area contributed by atoms with Crippen LogP contribution in [0.1, 0.15) is 55.0 Å². The Bertz CT molecular complexity index is 367. The minimum Gasteiger partial charge on any atom is -0.314 e. The molecule has 0 amide bonds. The number of hydrogen-bond donors (Lipinski definition) is 1. The molecule has 18 heavy (non-hydrogen) atoms. The molecular formula is C14H23N3S. The highest BCUT2D eigenvalue weighted by molar-refractivity contribution is 7.11. The van der Waals surface area contributed by atoms with Gasteiger partial charge in [-0.2, -0.15) is 0 Å². The lowest BCUT2D eigenvalue weighted by Crippen LogP contribution is -2.19. The fraction of sp³-hybridized carbons (Fsp3) is 0.857. The number of nitrogens with one attached hydrogen (secondary N) is 1. The molecule has 0 bridgehead atoms. The standard InChI is InChI=1S/C14H23N3S/c1-2-4-11(5-3-1)10-14-17-16-13(18-14)8-9-15-12-6-7-12/h11-12,15H,1-10H2. The topological polar surface area (TPSA) is 37.8 Å². The molecule has 0 spiro atoms. The largest absolute Gasteiger partial charge is 0.314 e. The molecule has 2 aliphatic rings. The molecule has 1 aromatic heterocycles. The molecule has 0 unspecified atom stereocenters. The van der Waals surface area contributed by atoms with Crippen molar-refractivity contribution in [3.05, 3.63) is 10.0 Å². The van der Waals surface area contributed by atoms with Crippen LogP contribution >= 0.6 is 11.3 Å². The molecular weight excluding hydrogens is 242 g/mol. The van der Waals surface area contributed by atoms with Gasteiger partial charge in [-0.05, 0) is 18.8 Å². The van der Waals surface area contributed by atoms with Crippen LogP contribution in [-0.2, 0) is 12.8 Å². The van der Waals surface area contributed by atoms with E-state index >= 15 is 0 Å². The second-order valence-electron chi connectivity index (χ2n) is 5.78. The first-order valence-electron chi connectivity index (χ1n) is 7.45. The molecule has 2 fully saturated rings. The summed E-state index contributed by atoms with van der Waals surface area (Å²) in [5, 5.41) is 14.7. The number of nitrogens with zero attached hydrogens (tertiary/aromatic N) is 2. The normalized spacial score (nSPS) is 21.3. The van der Waals surface area contributed by atoms with E-state index in [-0.39, 0.29) is 0 Å². The summed E-state index contributed by atoms with van der Waals surface area (Å²) in [7, 11) is 0. The van der Waals surface area contributed by atoms with Crippen molar-refractivity contribution in [1.82, 2.24) is 15.5 Å². The second-order valence-corrected chi connectivity index (χ2v) is 6.92. The Labute approximate surface area is 113 Å². The van der Waals surface area contributed by atoms with Gasteiger partial charge in [-0.1, -0.05) is 32.1 Å². The van der Waals surface area contributed by atoms with E-state index in [9.17, 15) is 0 Å². The van der Waals surface area contributed by atoms with Crippen LogP contribution in [0.3, 0.4) is 0 Å². The predicted octanol–water partition coefficient (Wildman–Crippen LogP) is 2.96. The van der Waals surface area contributed by atoms with Crippen molar-refractivity contribution in [2.45, 2.75) is 63.8 Å². The Balaban J connectivity index is 1.42. The lowest BCUT2D eigenvalue weighted by molar-refractivity contribution is 0.356. The molecule has 2 aliphatic carbocycles. The Kier molecular flexibility index (Phi) is 4.26. The van der Waals surface area contributed by atoms with Crippen molar-refractivity contribution in [2.75, 3.05) is 6.54 Å². The first-order chi connectivity index (χ1) is 8.90. The first kappa shape index (κ1) is 12.5. The van der Waals surface area contributed by atoms with E-state index in [2.05, 4.69) is 15.5 Å². The van der Waals surface area contributed by atoms with Crippen molar-refractivity contribution >= 4 is 11.3 Å². The van der Waals surface area contributed by atoms with E-state index in [1.54, 1.807) is 0 Å². The quantitative estimate of drug-likeness (QED) is 0.859. The molecule has 3 rings (SSSR count). The van der Waals surface area contributed by atoms with E-state index in [0.29, 0.717) is 0 Å². The van der Waals surface area contributed by atoms with Gasteiger partial charge in [-0.25, -0.2) is 0 Å². The Morgan fingerprint density at radius 3 is 2.56 bits per heavy atom. The van der Waals surface area contributed by atoms with Crippen LogP contribution < -0.4 is 5.32 Å². The molecule has 0 aromatic carbocycles. The van der Waals surface area contributed by atoms with Crippen LogP contribution in [0.2, 0.25) is 0 Å². The van der Waals surface area contributed by atoms with Crippen molar-refractivity contribution in [1.29, 1.82) is 0 Å². The van der Waals surface area contributed by atoms with E-state index in [1.807, 2.05) is 11.3 Å². The third-order valence-corrected chi connectivity index (χ3v) is 5.05. The van der Waals surface area contributed by atoms with E-state index in [1.165, 1.54) is 61.4 Å². The minimum atomic E-state index is 0.805. The van der Waals surface area contributed by atoms with Crippen LogP contribution in [-0.4, -0.2) is 22.8 Å². The molecule has 100 valence electrons. The third-order valence-electron chi connectivity index (χ3n) is 4.05. The van der Waals surface area contributed by atoms with Crippen LogP contribution in [0.5, 0.6) is 0 Å². The number of rotatable bonds is 6. The van der Waals surface area contributed by atoms with Crippen LogP contribution in [0, 0.1) is 5.92 Å². The Morgan fingerprint density at radius 2 is 1.78 bits per heavy atom. The zero-order valence-electron chi connectivity index (χ0n) is 11.0. The summed E-state index contributed by atoms with van der Waals surface area (Å²) in [5.74, 6) is 0.879. The summed E-state index contributed by atoms with van der Waals surface area (Å²) in [6, 6.07) is 0.805. The van der Waals surface area contributed by atoms with Gasteiger partial charge in [0.25, 0.3) is 0 Å².